The molecule has 23 heavy (non-hydrogen) atoms. The second-order valence-corrected chi connectivity index (χ2v) is 7.37. The molecule has 124 valence electrons. The van der Waals surface area contributed by atoms with Crippen molar-refractivity contribution in [3.8, 4) is 11.5 Å². The Balaban J connectivity index is 1.53. The van der Waals surface area contributed by atoms with E-state index >= 15 is 0 Å². The van der Waals surface area contributed by atoms with Gasteiger partial charge in [-0.3, -0.25) is 0 Å². The molecule has 2 nitrogen and oxygen atoms in total. The lowest BCUT2D eigenvalue weighted by molar-refractivity contribution is 0.414. The van der Waals surface area contributed by atoms with Crippen LogP contribution in [0.15, 0.2) is 48.5 Å². The molecule has 2 aromatic carbocycles. The Morgan fingerprint density at radius 3 is 1.39 bits per heavy atom. The molecule has 0 heterocycles. The Morgan fingerprint density at radius 1 is 0.652 bits per heavy atom. The molecule has 0 N–H and O–H groups in total. The van der Waals surface area contributed by atoms with Crippen LogP contribution in [0, 0.1) is 0 Å². The molecule has 0 saturated carbocycles. The number of hydrogen-bond acceptors (Lipinski definition) is 4. The lowest BCUT2D eigenvalue weighted by Crippen LogP contribution is -1.89. The van der Waals surface area contributed by atoms with Crippen molar-refractivity contribution in [1.29, 1.82) is 0 Å². The van der Waals surface area contributed by atoms with Crippen LogP contribution in [-0.4, -0.2) is 25.7 Å². The summed E-state index contributed by atoms with van der Waals surface area (Å²) in [5.74, 6) is 6.42. The predicted octanol–water partition coefficient (Wildman–Crippen LogP) is 5.26. The number of hydrogen-bond donors (Lipinski definition) is 0. The van der Waals surface area contributed by atoms with Gasteiger partial charge >= 0.3 is 0 Å². The van der Waals surface area contributed by atoms with Crippen LogP contribution in [0.5, 0.6) is 11.5 Å². The Morgan fingerprint density at radius 2 is 1.04 bits per heavy atom. The summed E-state index contributed by atoms with van der Waals surface area (Å²) in [6.07, 6.45) is 1.25. The Kier molecular flexibility index (Phi) is 8.26. The molecule has 0 aliphatic heterocycles. The van der Waals surface area contributed by atoms with Crippen LogP contribution < -0.4 is 9.47 Å². The minimum absolute atomic E-state index is 0.925. The second kappa shape index (κ2) is 10.5. The van der Waals surface area contributed by atoms with E-state index in [1.807, 2.05) is 47.8 Å². The summed E-state index contributed by atoms with van der Waals surface area (Å²) in [5, 5.41) is 0. The Labute approximate surface area is 148 Å². The van der Waals surface area contributed by atoms with Gasteiger partial charge in [0.2, 0.25) is 0 Å². The minimum atomic E-state index is 0.925. The van der Waals surface area contributed by atoms with E-state index in [9.17, 15) is 0 Å². The van der Waals surface area contributed by atoms with E-state index in [4.69, 9.17) is 9.47 Å². The van der Waals surface area contributed by atoms with Crippen LogP contribution >= 0.6 is 23.5 Å². The lowest BCUT2D eigenvalue weighted by atomic mass is 10.2. The molecule has 0 aromatic heterocycles. The van der Waals surface area contributed by atoms with Gasteiger partial charge in [0.15, 0.2) is 0 Å². The second-order valence-electron chi connectivity index (χ2n) is 5.15. The quantitative estimate of drug-likeness (QED) is 0.545. The van der Waals surface area contributed by atoms with Crippen LogP contribution in [-0.2, 0) is 11.5 Å². The van der Waals surface area contributed by atoms with Gasteiger partial charge in [-0.1, -0.05) is 24.3 Å². The lowest BCUT2D eigenvalue weighted by Gasteiger charge is -2.05. The molecule has 0 fully saturated rings. The zero-order valence-corrected chi connectivity index (χ0v) is 15.4. The average Bonchev–Trinajstić information content (AvgIpc) is 2.62. The van der Waals surface area contributed by atoms with E-state index in [-0.39, 0.29) is 0 Å². The van der Waals surface area contributed by atoms with E-state index in [1.54, 1.807) is 14.2 Å². The van der Waals surface area contributed by atoms with Gasteiger partial charge in [-0.25, -0.2) is 0 Å². The summed E-state index contributed by atoms with van der Waals surface area (Å²) in [4.78, 5) is 0. The molecule has 0 saturated heterocycles. The van der Waals surface area contributed by atoms with E-state index in [1.165, 1.54) is 29.1 Å². The zero-order chi connectivity index (χ0) is 16.3. The number of thioether (sulfide) groups is 2. The molecule has 0 amide bonds. The molecular formula is C19H24O2S2. The molecular weight excluding hydrogens is 324 g/mol. The van der Waals surface area contributed by atoms with Gasteiger partial charge in [0, 0.05) is 11.5 Å². The standard InChI is InChI=1S/C19H24O2S2/c1-20-18-8-4-16(5-9-18)14-22-12-3-13-23-15-17-6-10-19(21-2)11-7-17/h4-11H,3,12-15H2,1-2H3. The van der Waals surface area contributed by atoms with Gasteiger partial charge in [0.05, 0.1) is 14.2 Å². The van der Waals surface area contributed by atoms with Crippen molar-refractivity contribution in [2.24, 2.45) is 0 Å². The Hall–Kier alpha value is -1.26. The van der Waals surface area contributed by atoms with E-state index in [0.29, 0.717) is 0 Å². The maximum atomic E-state index is 5.17. The van der Waals surface area contributed by atoms with E-state index in [2.05, 4.69) is 24.3 Å². The van der Waals surface area contributed by atoms with Gasteiger partial charge in [0.25, 0.3) is 0 Å². The van der Waals surface area contributed by atoms with Gasteiger partial charge < -0.3 is 9.47 Å². The molecule has 0 spiro atoms. The van der Waals surface area contributed by atoms with E-state index < -0.39 is 0 Å². The largest absolute Gasteiger partial charge is 0.497 e. The van der Waals surface area contributed by atoms with Crippen molar-refractivity contribution in [2.45, 2.75) is 17.9 Å². The number of rotatable bonds is 10. The molecule has 0 bridgehead atoms. The first-order valence-electron chi connectivity index (χ1n) is 7.73. The first-order valence-corrected chi connectivity index (χ1v) is 10.0. The van der Waals surface area contributed by atoms with Crippen LogP contribution in [0.3, 0.4) is 0 Å². The summed E-state index contributed by atoms with van der Waals surface area (Å²) < 4.78 is 10.3. The first kappa shape index (κ1) is 18.1. The van der Waals surface area contributed by atoms with Crippen LogP contribution in [0.25, 0.3) is 0 Å². The van der Waals surface area contributed by atoms with Gasteiger partial charge in [-0.15, -0.1) is 0 Å². The highest BCUT2D eigenvalue weighted by molar-refractivity contribution is 7.99. The zero-order valence-electron chi connectivity index (χ0n) is 13.8. The highest BCUT2D eigenvalue weighted by Gasteiger charge is 1.98. The smallest absolute Gasteiger partial charge is 0.118 e. The maximum absolute atomic E-state index is 5.17. The predicted molar refractivity (Wildman–Crippen MR) is 103 cm³/mol. The summed E-state index contributed by atoms with van der Waals surface area (Å²) in [5.41, 5.74) is 2.73. The first-order chi connectivity index (χ1) is 11.3. The SMILES string of the molecule is COc1ccc(CSCCCSCc2ccc(OC)cc2)cc1. The summed E-state index contributed by atoms with van der Waals surface area (Å²) in [6.45, 7) is 0. The molecule has 0 atom stereocenters. The summed E-state index contributed by atoms with van der Waals surface area (Å²) in [7, 11) is 3.40. The molecule has 2 aromatic rings. The topological polar surface area (TPSA) is 18.5 Å². The normalized spacial score (nSPS) is 10.5. The molecule has 0 aliphatic rings. The summed E-state index contributed by atoms with van der Waals surface area (Å²) >= 11 is 4.00. The van der Waals surface area contributed by atoms with E-state index in [0.717, 1.165) is 23.0 Å². The fraction of sp³-hybridized carbons (Fsp3) is 0.368. The maximum Gasteiger partial charge on any atom is 0.118 e. The van der Waals surface area contributed by atoms with Gasteiger partial charge in [-0.2, -0.15) is 23.5 Å². The molecule has 0 aliphatic carbocycles. The molecule has 0 radical (unpaired) electrons. The third-order valence-corrected chi connectivity index (χ3v) is 5.66. The van der Waals surface area contributed by atoms with Crippen molar-refractivity contribution in [2.75, 3.05) is 25.7 Å². The molecule has 0 unspecified atom stereocenters. The van der Waals surface area contributed by atoms with Crippen LogP contribution in [0.2, 0.25) is 0 Å². The Bertz CT molecular complexity index is 501. The fourth-order valence-corrected chi connectivity index (χ4v) is 4.11. The number of benzene rings is 2. The average molecular weight is 349 g/mol. The number of ether oxygens (including phenoxy) is 2. The van der Waals surface area contributed by atoms with Crippen LogP contribution in [0.1, 0.15) is 17.5 Å². The molecule has 4 heteroatoms. The van der Waals surface area contributed by atoms with Crippen LogP contribution in [0.4, 0.5) is 0 Å². The van der Waals surface area contributed by atoms with Gasteiger partial charge in [-0.05, 0) is 53.3 Å². The highest BCUT2D eigenvalue weighted by Crippen LogP contribution is 2.20. The van der Waals surface area contributed by atoms with Gasteiger partial charge in [0.1, 0.15) is 11.5 Å². The third kappa shape index (κ3) is 6.80. The van der Waals surface area contributed by atoms with Crippen molar-refractivity contribution in [3.63, 3.8) is 0 Å². The minimum Gasteiger partial charge on any atom is -0.497 e. The monoisotopic (exact) mass is 348 g/mol. The van der Waals surface area contributed by atoms with Crippen molar-refractivity contribution >= 4 is 23.5 Å². The van der Waals surface area contributed by atoms with Crippen molar-refractivity contribution in [1.82, 2.24) is 0 Å². The van der Waals surface area contributed by atoms with Crippen molar-refractivity contribution in [3.05, 3.63) is 59.7 Å². The highest BCUT2D eigenvalue weighted by atomic mass is 32.2. The molecule has 2 rings (SSSR count). The number of methoxy groups -OCH3 is 2. The fourth-order valence-electron chi connectivity index (χ4n) is 2.09. The van der Waals surface area contributed by atoms with Crippen molar-refractivity contribution < 1.29 is 9.47 Å². The summed E-state index contributed by atoms with van der Waals surface area (Å²) in [6, 6.07) is 16.7. The third-order valence-electron chi connectivity index (χ3n) is 3.43.